The molecular formula is C27H24ClF3N4O5. The molecule has 2 aliphatic rings. The van der Waals surface area contributed by atoms with E-state index in [2.05, 4.69) is 9.98 Å². The van der Waals surface area contributed by atoms with Crippen LogP contribution in [-0.2, 0) is 23.3 Å². The summed E-state index contributed by atoms with van der Waals surface area (Å²) < 4.78 is 73.2. The molecule has 0 saturated heterocycles. The highest BCUT2D eigenvalue weighted by atomic mass is 35.5. The maximum atomic E-state index is 16.3. The van der Waals surface area contributed by atoms with E-state index in [0.717, 1.165) is 9.13 Å². The number of allylic oxidation sites excluding steroid dienone is 1. The molecule has 0 aromatic carbocycles. The van der Waals surface area contributed by atoms with Gasteiger partial charge in [-0.1, -0.05) is 11.6 Å². The number of fused-ring (bicyclic) bond motifs is 3. The average molecular weight is 579 g/mol. The van der Waals surface area contributed by atoms with Gasteiger partial charge in [0.25, 0.3) is 11.1 Å². The number of rotatable bonds is 4. The van der Waals surface area contributed by atoms with Gasteiger partial charge >= 0.3 is 0 Å². The van der Waals surface area contributed by atoms with Gasteiger partial charge in [-0.15, -0.1) is 0 Å². The molecule has 1 N–H and O–H groups in total. The molecule has 3 aromatic heterocycles. The lowest BCUT2D eigenvalue weighted by molar-refractivity contribution is 0.0768. The van der Waals surface area contributed by atoms with Crippen LogP contribution >= 0.6 is 11.6 Å². The largest absolute Gasteiger partial charge is 0.485 e. The van der Waals surface area contributed by atoms with Crippen LogP contribution < -0.4 is 15.9 Å². The second-order valence-electron chi connectivity index (χ2n) is 9.68. The number of halogens is 4. The summed E-state index contributed by atoms with van der Waals surface area (Å²) in [5.74, 6) is -4.99. The van der Waals surface area contributed by atoms with Crippen molar-refractivity contribution >= 4 is 23.1 Å². The molecule has 0 radical (unpaired) electrons. The number of ether oxygens (including phenoxy) is 2. The van der Waals surface area contributed by atoms with Crippen LogP contribution in [0.4, 0.5) is 13.2 Å². The van der Waals surface area contributed by atoms with Gasteiger partial charge in [-0.2, -0.15) is 0 Å². The molecule has 13 heteroatoms. The summed E-state index contributed by atoms with van der Waals surface area (Å²) >= 11 is 6.32. The third-order valence-electron chi connectivity index (χ3n) is 6.42. The van der Waals surface area contributed by atoms with Crippen LogP contribution in [0.5, 0.6) is 5.75 Å². The highest BCUT2D eigenvalue weighted by molar-refractivity contribution is 6.31. The minimum absolute atomic E-state index is 0.00203. The van der Waals surface area contributed by atoms with Crippen LogP contribution in [0.3, 0.4) is 0 Å². The third-order valence-corrected chi connectivity index (χ3v) is 6.77. The molecule has 0 unspecified atom stereocenters. The number of hydrogen-bond donors (Lipinski definition) is 1. The molecular weight excluding hydrogens is 553 g/mol. The normalized spacial score (nSPS) is 18.6. The summed E-state index contributed by atoms with van der Waals surface area (Å²) in [7, 11) is 0. The topological polar surface area (TPSA) is 108 Å². The van der Waals surface area contributed by atoms with E-state index in [1.807, 2.05) is 0 Å². The Balaban J connectivity index is 1.64. The van der Waals surface area contributed by atoms with Crippen molar-refractivity contribution in [1.29, 1.82) is 0 Å². The van der Waals surface area contributed by atoms with Gasteiger partial charge in [0, 0.05) is 41.9 Å². The molecule has 0 bridgehead atoms. The lowest BCUT2D eigenvalue weighted by Crippen LogP contribution is -2.40. The van der Waals surface area contributed by atoms with Crippen molar-refractivity contribution < 1.29 is 30.5 Å². The Morgan fingerprint density at radius 1 is 1.27 bits per heavy atom. The Bertz CT molecular complexity index is 1770. The fraction of sp³-hybridized carbons (Fsp3) is 0.333. The van der Waals surface area contributed by atoms with E-state index >= 15 is 4.39 Å². The first-order valence-electron chi connectivity index (χ1n) is 13.1. The molecule has 9 nitrogen and oxygen atoms in total. The predicted molar refractivity (Wildman–Crippen MR) is 140 cm³/mol. The van der Waals surface area contributed by atoms with Gasteiger partial charge in [0.2, 0.25) is 0 Å². The summed E-state index contributed by atoms with van der Waals surface area (Å²) in [4.78, 5) is 34.5. The van der Waals surface area contributed by atoms with E-state index in [-0.39, 0.29) is 49.0 Å². The molecule has 0 fully saturated rings. The van der Waals surface area contributed by atoms with Gasteiger partial charge in [0.15, 0.2) is 17.5 Å². The third kappa shape index (κ3) is 5.09. The van der Waals surface area contributed by atoms with Crippen molar-refractivity contribution in [3.63, 3.8) is 0 Å². The lowest BCUT2D eigenvalue weighted by atomic mass is 9.99. The Hall–Kier alpha value is -3.74. The smallest absolute Gasteiger partial charge is 0.277 e. The number of hydrogen-bond acceptors (Lipinski definition) is 7. The summed E-state index contributed by atoms with van der Waals surface area (Å²) in [6.07, 6.45) is 1.93. The first-order valence-corrected chi connectivity index (χ1v) is 12.5. The van der Waals surface area contributed by atoms with Crippen LogP contribution in [0, 0.1) is 17.6 Å². The predicted octanol–water partition coefficient (Wildman–Crippen LogP) is 3.43. The van der Waals surface area contributed by atoms with Crippen molar-refractivity contribution in [2.45, 2.75) is 32.4 Å². The van der Waals surface area contributed by atoms with Crippen LogP contribution in [-0.4, -0.2) is 44.8 Å². The van der Waals surface area contributed by atoms with E-state index in [1.54, 1.807) is 0 Å². The summed E-state index contributed by atoms with van der Waals surface area (Å²) in [5, 5.41) is 9.76. The Morgan fingerprint density at radius 2 is 2.05 bits per heavy atom. The maximum absolute atomic E-state index is 16.3. The van der Waals surface area contributed by atoms with Gasteiger partial charge in [-0.05, 0) is 26.0 Å². The second-order valence-corrected chi connectivity index (χ2v) is 10.1. The fourth-order valence-electron chi connectivity index (χ4n) is 4.50. The van der Waals surface area contributed by atoms with Gasteiger partial charge < -0.3 is 14.6 Å². The van der Waals surface area contributed by atoms with Crippen LogP contribution in [0.25, 0.3) is 5.70 Å². The number of aromatic nitrogens is 3. The number of pyridine rings is 3. The fourth-order valence-corrected chi connectivity index (χ4v) is 4.68. The molecule has 40 heavy (non-hydrogen) atoms. The van der Waals surface area contributed by atoms with Crippen LogP contribution in [0.2, 0.25) is 5.02 Å². The molecule has 5 rings (SSSR count). The van der Waals surface area contributed by atoms with Gasteiger partial charge in [-0.25, -0.2) is 13.2 Å². The summed E-state index contributed by atoms with van der Waals surface area (Å²) in [5.41, 5.74) is -4.14. The zero-order valence-corrected chi connectivity index (χ0v) is 22.0. The second kappa shape index (κ2) is 10.7. The summed E-state index contributed by atoms with van der Waals surface area (Å²) in [6.45, 7) is -0.122. The van der Waals surface area contributed by atoms with E-state index < -0.39 is 63.1 Å². The van der Waals surface area contributed by atoms with Gasteiger partial charge in [-0.3, -0.25) is 28.7 Å². The van der Waals surface area contributed by atoms with E-state index in [9.17, 15) is 23.5 Å². The Kier molecular flexibility index (Phi) is 6.74. The van der Waals surface area contributed by atoms with E-state index in [0.29, 0.717) is 12.3 Å². The number of aliphatic imine (C=N–C) groups is 1. The van der Waals surface area contributed by atoms with Gasteiger partial charge in [0.1, 0.15) is 28.8 Å². The number of nitrogens with zero attached hydrogens (tertiary/aromatic N) is 4. The van der Waals surface area contributed by atoms with Crippen LogP contribution in [0.1, 0.15) is 33.5 Å². The molecule has 5 heterocycles. The minimum Gasteiger partial charge on any atom is -0.485 e. The molecule has 210 valence electrons. The quantitative estimate of drug-likeness (QED) is 0.508. The van der Waals surface area contributed by atoms with E-state index in [4.69, 9.17) is 23.8 Å². The molecule has 3 aromatic rings. The Labute approximate surface area is 233 Å². The SMILES string of the molecule is [2H]C([2H])(Oc1cc2n(c(=O)c1Cl)C1=C(F)C(n3cccc(C(C)(C)O)c3=O)=NC[C@@H]1COCC2)c1ncc(F)cc1F. The zero-order chi connectivity index (χ0) is 30.6. The van der Waals surface area contributed by atoms with Crippen molar-refractivity contribution in [3.05, 3.63) is 96.8 Å². The average Bonchev–Trinajstić information content (AvgIpc) is 2.88. The molecule has 1 atom stereocenters. The maximum Gasteiger partial charge on any atom is 0.277 e. The summed E-state index contributed by atoms with van der Waals surface area (Å²) in [6, 6.07) is 4.49. The van der Waals surface area contributed by atoms with Gasteiger partial charge in [0.05, 0.1) is 40.0 Å². The molecule has 0 saturated carbocycles. The minimum atomic E-state index is -2.98. The highest BCUT2D eigenvalue weighted by Gasteiger charge is 2.34. The molecule has 0 spiro atoms. The standard InChI is InChI=1S/C27H24ClF3N4O5/c1-27(2,38)17-4-3-6-34(25(17)36)24-22(31)23-14(10-33-24)12-39-7-5-16-9-20(21(28)26(37)35(16)23)40-13-19-18(30)8-15(29)11-32-19/h3-4,6,8-9,11,14,38H,5,7,10,12-13H2,1-2H3/t14-/m1/s1/i13D2. The highest BCUT2D eigenvalue weighted by Crippen LogP contribution is 2.33. The van der Waals surface area contributed by atoms with Crippen molar-refractivity contribution in [3.8, 4) is 5.75 Å². The molecule has 0 amide bonds. The first-order chi connectivity index (χ1) is 19.7. The van der Waals surface area contributed by atoms with Crippen LogP contribution in [0.15, 0.2) is 57.1 Å². The monoisotopic (exact) mass is 578 g/mol. The number of dihydropyridines is 1. The lowest BCUT2D eigenvalue weighted by Gasteiger charge is -2.30. The molecule has 0 aliphatic carbocycles. The zero-order valence-electron chi connectivity index (χ0n) is 23.3. The Morgan fingerprint density at radius 3 is 2.77 bits per heavy atom. The number of aliphatic hydroxyl groups is 1. The van der Waals surface area contributed by atoms with E-state index in [1.165, 1.54) is 38.2 Å². The van der Waals surface area contributed by atoms with Crippen molar-refractivity contribution in [2.75, 3.05) is 19.8 Å². The van der Waals surface area contributed by atoms with Crippen molar-refractivity contribution in [2.24, 2.45) is 10.9 Å². The van der Waals surface area contributed by atoms with Crippen molar-refractivity contribution in [1.82, 2.24) is 14.1 Å². The first kappa shape index (κ1) is 25.2. The molecule has 2 aliphatic heterocycles.